The zero-order chi connectivity index (χ0) is 14.5. The summed E-state index contributed by atoms with van der Waals surface area (Å²) in [5, 5.41) is 6.95. The molecule has 21 heavy (non-hydrogen) atoms. The van der Waals surface area contributed by atoms with Gasteiger partial charge < -0.3 is 5.32 Å². The van der Waals surface area contributed by atoms with E-state index in [2.05, 4.69) is 52.9 Å². The Kier molecular flexibility index (Phi) is 5.01. The van der Waals surface area contributed by atoms with Gasteiger partial charge in [-0.1, -0.05) is 37.3 Å². The van der Waals surface area contributed by atoms with E-state index < -0.39 is 0 Å². The normalized spacial score (nSPS) is 14.8. The fraction of sp³-hybridized carbons (Fsp3) is 0.471. The molecule has 3 nitrogen and oxygen atoms in total. The quantitative estimate of drug-likeness (QED) is 0.810. The molecule has 1 saturated carbocycles. The van der Waals surface area contributed by atoms with Crippen LogP contribution in [0.5, 0.6) is 0 Å². The standard InChI is InChI=1S/C17H23N3S/c1-2-20(11-14-6-4-3-5-7-14)12-16-13-21-17(19-16)10-18-15-8-9-15/h3-7,13,15,18H,2,8-12H2,1H3. The summed E-state index contributed by atoms with van der Waals surface area (Å²) < 4.78 is 0. The highest BCUT2D eigenvalue weighted by Gasteiger charge is 2.20. The molecule has 1 aromatic carbocycles. The number of aromatic nitrogens is 1. The second-order valence-corrected chi connectivity index (χ2v) is 6.62. The average molecular weight is 301 g/mol. The van der Waals surface area contributed by atoms with Crippen molar-refractivity contribution in [1.29, 1.82) is 0 Å². The van der Waals surface area contributed by atoms with Gasteiger partial charge in [-0.05, 0) is 24.9 Å². The Morgan fingerprint density at radius 1 is 1.24 bits per heavy atom. The van der Waals surface area contributed by atoms with Crippen LogP contribution in [-0.4, -0.2) is 22.5 Å². The van der Waals surface area contributed by atoms with Gasteiger partial charge in [-0.15, -0.1) is 11.3 Å². The van der Waals surface area contributed by atoms with Gasteiger partial charge >= 0.3 is 0 Å². The van der Waals surface area contributed by atoms with E-state index >= 15 is 0 Å². The van der Waals surface area contributed by atoms with Crippen LogP contribution in [0.15, 0.2) is 35.7 Å². The molecule has 1 aliphatic carbocycles. The molecule has 2 aromatic rings. The SMILES string of the molecule is CCN(Cc1ccccc1)Cc1csc(CNC2CC2)n1. The van der Waals surface area contributed by atoms with Crippen LogP contribution < -0.4 is 5.32 Å². The Bertz CT molecular complexity index is 548. The van der Waals surface area contributed by atoms with Gasteiger partial charge in [0.2, 0.25) is 0 Å². The summed E-state index contributed by atoms with van der Waals surface area (Å²) in [5.74, 6) is 0. The number of hydrogen-bond donors (Lipinski definition) is 1. The van der Waals surface area contributed by atoms with Crippen LogP contribution in [0, 0.1) is 0 Å². The fourth-order valence-corrected chi connectivity index (χ4v) is 3.11. The second kappa shape index (κ2) is 7.16. The molecular weight excluding hydrogens is 278 g/mol. The van der Waals surface area contributed by atoms with Crippen molar-refractivity contribution in [2.75, 3.05) is 6.54 Å². The number of nitrogens with zero attached hydrogens (tertiary/aromatic N) is 2. The van der Waals surface area contributed by atoms with Crippen LogP contribution in [0.2, 0.25) is 0 Å². The summed E-state index contributed by atoms with van der Waals surface area (Å²) in [5.41, 5.74) is 2.57. The van der Waals surface area contributed by atoms with E-state index in [1.807, 2.05) is 0 Å². The Hall–Kier alpha value is -1.23. The Balaban J connectivity index is 1.53. The maximum Gasteiger partial charge on any atom is 0.107 e. The summed E-state index contributed by atoms with van der Waals surface area (Å²) in [4.78, 5) is 7.19. The minimum atomic E-state index is 0.752. The van der Waals surface area contributed by atoms with Crippen molar-refractivity contribution in [2.45, 2.75) is 45.4 Å². The largest absolute Gasteiger partial charge is 0.308 e. The van der Waals surface area contributed by atoms with Crippen molar-refractivity contribution in [2.24, 2.45) is 0 Å². The van der Waals surface area contributed by atoms with Crippen molar-refractivity contribution in [3.63, 3.8) is 0 Å². The monoisotopic (exact) mass is 301 g/mol. The number of rotatable bonds is 8. The molecule has 4 heteroatoms. The van der Waals surface area contributed by atoms with Crippen LogP contribution >= 0.6 is 11.3 Å². The fourth-order valence-electron chi connectivity index (χ4n) is 2.37. The third-order valence-corrected chi connectivity index (χ3v) is 4.70. The van der Waals surface area contributed by atoms with Gasteiger partial charge in [-0.3, -0.25) is 4.90 Å². The van der Waals surface area contributed by atoms with E-state index in [1.165, 1.54) is 29.1 Å². The number of nitrogens with one attached hydrogen (secondary N) is 1. The molecule has 1 aliphatic rings. The van der Waals surface area contributed by atoms with Gasteiger partial charge in [0.15, 0.2) is 0 Å². The molecule has 0 atom stereocenters. The lowest BCUT2D eigenvalue weighted by Crippen LogP contribution is -2.22. The maximum absolute atomic E-state index is 4.75. The van der Waals surface area contributed by atoms with Crippen LogP contribution in [0.4, 0.5) is 0 Å². The zero-order valence-electron chi connectivity index (χ0n) is 12.6. The highest BCUT2D eigenvalue weighted by atomic mass is 32.1. The lowest BCUT2D eigenvalue weighted by Gasteiger charge is -2.19. The van der Waals surface area contributed by atoms with E-state index in [4.69, 9.17) is 4.98 Å². The summed E-state index contributed by atoms with van der Waals surface area (Å²) in [6.07, 6.45) is 2.66. The molecule has 0 unspecified atom stereocenters. The number of thiazole rings is 1. The second-order valence-electron chi connectivity index (χ2n) is 5.68. The summed E-state index contributed by atoms with van der Waals surface area (Å²) in [6, 6.07) is 11.4. The van der Waals surface area contributed by atoms with Crippen molar-refractivity contribution in [3.05, 3.63) is 52.0 Å². The molecule has 1 N–H and O–H groups in total. The van der Waals surface area contributed by atoms with E-state index in [-0.39, 0.29) is 0 Å². The topological polar surface area (TPSA) is 28.2 Å². The molecular formula is C17H23N3S. The predicted molar refractivity (Wildman–Crippen MR) is 88.2 cm³/mol. The van der Waals surface area contributed by atoms with Gasteiger partial charge in [0.25, 0.3) is 0 Å². The number of benzene rings is 1. The maximum atomic E-state index is 4.75. The van der Waals surface area contributed by atoms with Crippen LogP contribution in [-0.2, 0) is 19.6 Å². The Morgan fingerprint density at radius 2 is 2.05 bits per heavy atom. The molecule has 1 aromatic heterocycles. The number of hydrogen-bond acceptors (Lipinski definition) is 4. The van der Waals surface area contributed by atoms with Crippen molar-refractivity contribution < 1.29 is 0 Å². The zero-order valence-corrected chi connectivity index (χ0v) is 13.4. The highest BCUT2D eigenvalue weighted by Crippen LogP contribution is 2.20. The first-order chi connectivity index (χ1) is 10.3. The lowest BCUT2D eigenvalue weighted by molar-refractivity contribution is 0.268. The third-order valence-electron chi connectivity index (χ3n) is 3.80. The molecule has 1 fully saturated rings. The summed E-state index contributed by atoms with van der Waals surface area (Å²) >= 11 is 1.78. The lowest BCUT2D eigenvalue weighted by atomic mass is 10.2. The Morgan fingerprint density at radius 3 is 2.76 bits per heavy atom. The van der Waals surface area contributed by atoms with Crippen molar-refractivity contribution >= 4 is 11.3 Å². The molecule has 0 radical (unpaired) electrons. The molecule has 0 saturated heterocycles. The summed E-state index contributed by atoms with van der Waals surface area (Å²) in [6.45, 7) is 6.11. The van der Waals surface area contributed by atoms with E-state index in [0.29, 0.717) is 0 Å². The molecule has 0 spiro atoms. The third kappa shape index (κ3) is 4.63. The first-order valence-corrected chi connectivity index (χ1v) is 8.64. The minimum Gasteiger partial charge on any atom is -0.308 e. The van der Waals surface area contributed by atoms with E-state index in [1.54, 1.807) is 11.3 Å². The van der Waals surface area contributed by atoms with Crippen LogP contribution in [0.25, 0.3) is 0 Å². The van der Waals surface area contributed by atoms with Gasteiger partial charge in [0.05, 0.1) is 5.69 Å². The molecule has 112 valence electrons. The molecule has 0 bridgehead atoms. The van der Waals surface area contributed by atoms with Crippen molar-refractivity contribution in [1.82, 2.24) is 15.2 Å². The molecule has 0 amide bonds. The molecule has 1 heterocycles. The average Bonchev–Trinajstić information content (AvgIpc) is 3.25. The van der Waals surface area contributed by atoms with Crippen LogP contribution in [0.1, 0.15) is 36.0 Å². The first kappa shape index (κ1) is 14.7. The smallest absolute Gasteiger partial charge is 0.107 e. The summed E-state index contributed by atoms with van der Waals surface area (Å²) in [7, 11) is 0. The van der Waals surface area contributed by atoms with E-state index in [9.17, 15) is 0 Å². The highest BCUT2D eigenvalue weighted by molar-refractivity contribution is 7.09. The van der Waals surface area contributed by atoms with Gasteiger partial charge in [-0.2, -0.15) is 0 Å². The van der Waals surface area contributed by atoms with Crippen molar-refractivity contribution in [3.8, 4) is 0 Å². The van der Waals surface area contributed by atoms with Crippen LogP contribution in [0.3, 0.4) is 0 Å². The predicted octanol–water partition coefficient (Wildman–Crippen LogP) is 3.42. The first-order valence-electron chi connectivity index (χ1n) is 7.76. The molecule has 3 rings (SSSR count). The van der Waals surface area contributed by atoms with Gasteiger partial charge in [-0.25, -0.2) is 4.98 Å². The van der Waals surface area contributed by atoms with Gasteiger partial charge in [0, 0.05) is 31.1 Å². The minimum absolute atomic E-state index is 0.752. The van der Waals surface area contributed by atoms with E-state index in [0.717, 1.165) is 32.2 Å². The molecule has 0 aliphatic heterocycles. The Labute approximate surface area is 131 Å². The van der Waals surface area contributed by atoms with Gasteiger partial charge in [0.1, 0.15) is 5.01 Å².